The maximum atomic E-state index is 12.7. The van der Waals surface area contributed by atoms with Crippen molar-refractivity contribution in [1.29, 1.82) is 0 Å². The second-order valence-corrected chi connectivity index (χ2v) is 11.6. The van der Waals surface area contributed by atoms with Crippen LogP contribution in [-0.4, -0.2) is 23.6 Å². The molecule has 0 heterocycles. The van der Waals surface area contributed by atoms with Gasteiger partial charge in [-0.05, 0) is 93.2 Å². The Hall–Kier alpha value is -2.70. The molecule has 2 aromatic carbocycles. The Bertz CT molecular complexity index is 1030. The van der Waals surface area contributed by atoms with Crippen LogP contribution in [0.25, 0.3) is 0 Å². The third-order valence-electron chi connectivity index (χ3n) is 8.00. The summed E-state index contributed by atoms with van der Waals surface area (Å²) in [7, 11) is 0. The first-order valence-electron chi connectivity index (χ1n) is 15.3. The van der Waals surface area contributed by atoms with Crippen LogP contribution < -0.4 is 0 Å². The van der Waals surface area contributed by atoms with Crippen LogP contribution in [0.1, 0.15) is 130 Å². The van der Waals surface area contributed by atoms with Crippen LogP contribution in [0.2, 0.25) is 0 Å². The molecular formula is C34H48O6. The molecular weight excluding hydrogens is 504 g/mol. The summed E-state index contributed by atoms with van der Waals surface area (Å²) >= 11 is 0. The molecule has 220 valence electrons. The van der Waals surface area contributed by atoms with E-state index in [4.69, 9.17) is 19.6 Å². The van der Waals surface area contributed by atoms with Gasteiger partial charge in [0, 0.05) is 0 Å². The first-order valence-corrected chi connectivity index (χ1v) is 15.3. The molecule has 0 radical (unpaired) electrons. The van der Waals surface area contributed by atoms with Crippen molar-refractivity contribution in [2.75, 3.05) is 0 Å². The van der Waals surface area contributed by atoms with Crippen LogP contribution in [0.15, 0.2) is 48.5 Å². The van der Waals surface area contributed by atoms with Crippen molar-refractivity contribution in [3.05, 3.63) is 70.8 Å². The molecule has 0 aliphatic heterocycles. The molecule has 0 aromatic heterocycles. The molecule has 2 aromatic rings. The second-order valence-electron chi connectivity index (χ2n) is 11.6. The lowest BCUT2D eigenvalue weighted by Crippen LogP contribution is -2.48. The highest BCUT2D eigenvalue weighted by atomic mass is 17.2. The number of carbonyl (C=O) groups is 2. The third-order valence-corrected chi connectivity index (χ3v) is 8.00. The summed E-state index contributed by atoms with van der Waals surface area (Å²) in [5.41, 5.74) is 2.34. The number of unbranched alkanes of at least 4 members (excludes halogenated alkanes) is 6. The highest BCUT2D eigenvalue weighted by Gasteiger charge is 2.45. The molecule has 1 aliphatic carbocycles. The monoisotopic (exact) mass is 552 g/mol. The number of aryl methyl sites for hydroxylation is 2. The van der Waals surface area contributed by atoms with E-state index in [9.17, 15) is 9.59 Å². The molecule has 40 heavy (non-hydrogen) atoms. The van der Waals surface area contributed by atoms with Crippen LogP contribution in [0.3, 0.4) is 0 Å². The topological polar surface area (TPSA) is 71.1 Å². The van der Waals surface area contributed by atoms with E-state index in [2.05, 4.69) is 20.8 Å². The van der Waals surface area contributed by atoms with Gasteiger partial charge >= 0.3 is 11.9 Å². The van der Waals surface area contributed by atoms with E-state index in [1.807, 2.05) is 31.2 Å². The average molecular weight is 553 g/mol. The molecule has 3 unspecified atom stereocenters. The molecule has 3 rings (SSSR count). The molecule has 1 saturated carbocycles. The first kappa shape index (κ1) is 31.8. The van der Waals surface area contributed by atoms with Gasteiger partial charge in [0.25, 0.3) is 0 Å². The summed E-state index contributed by atoms with van der Waals surface area (Å²) in [5, 5.41) is 0. The Morgan fingerprint density at radius 1 is 0.750 bits per heavy atom. The summed E-state index contributed by atoms with van der Waals surface area (Å²) in [5.74, 6) is -0.749. The fraction of sp³-hybridized carbons (Fsp3) is 0.588. The van der Waals surface area contributed by atoms with Crippen LogP contribution in [0.4, 0.5) is 0 Å². The van der Waals surface area contributed by atoms with E-state index < -0.39 is 23.6 Å². The molecule has 0 saturated heterocycles. The van der Waals surface area contributed by atoms with Crippen LogP contribution >= 0.6 is 0 Å². The normalized spacial score (nSPS) is 20.7. The number of rotatable bonds is 16. The zero-order valence-electron chi connectivity index (χ0n) is 24.9. The van der Waals surface area contributed by atoms with Crippen molar-refractivity contribution in [3.8, 4) is 0 Å². The lowest BCUT2D eigenvalue weighted by molar-refractivity contribution is -0.388. The maximum Gasteiger partial charge on any atom is 0.373 e. The van der Waals surface area contributed by atoms with Gasteiger partial charge in [0.1, 0.15) is 11.7 Å². The highest BCUT2D eigenvalue weighted by Crippen LogP contribution is 2.37. The van der Waals surface area contributed by atoms with Gasteiger partial charge in [-0.3, -0.25) is 9.78 Å². The van der Waals surface area contributed by atoms with E-state index >= 15 is 0 Å². The minimum Gasteiger partial charge on any atom is -0.292 e. The number of hydrogen-bond donors (Lipinski definition) is 0. The summed E-state index contributed by atoms with van der Waals surface area (Å²) in [6.45, 7) is 8.35. The zero-order chi connectivity index (χ0) is 28.8. The number of benzene rings is 2. The van der Waals surface area contributed by atoms with E-state index in [1.54, 1.807) is 24.3 Å². The van der Waals surface area contributed by atoms with Gasteiger partial charge in [-0.25, -0.2) is 9.59 Å². The third kappa shape index (κ3) is 10.0. The lowest BCUT2D eigenvalue weighted by atomic mass is 9.78. The van der Waals surface area contributed by atoms with E-state index in [-0.39, 0.29) is 0 Å². The molecule has 0 bridgehead atoms. The van der Waals surface area contributed by atoms with Gasteiger partial charge in [-0.2, -0.15) is 9.78 Å². The van der Waals surface area contributed by atoms with Gasteiger partial charge in [0.15, 0.2) is 0 Å². The van der Waals surface area contributed by atoms with E-state index in [0.29, 0.717) is 29.9 Å². The predicted molar refractivity (Wildman–Crippen MR) is 157 cm³/mol. The Morgan fingerprint density at radius 2 is 1.25 bits per heavy atom. The minimum absolute atomic E-state index is 0.355. The predicted octanol–water partition coefficient (Wildman–Crippen LogP) is 8.76. The Labute approximate surface area is 240 Å². The maximum absolute atomic E-state index is 12.7. The quantitative estimate of drug-likeness (QED) is 0.118. The summed E-state index contributed by atoms with van der Waals surface area (Å²) in [6, 6.07) is 15.0. The summed E-state index contributed by atoms with van der Waals surface area (Å²) < 4.78 is 0. The van der Waals surface area contributed by atoms with Crippen molar-refractivity contribution < 1.29 is 29.1 Å². The number of carbonyl (C=O) groups excluding carboxylic acids is 2. The second kappa shape index (κ2) is 16.5. The SMILES string of the molecule is CCCCCCc1ccc(C(=O)OOC2CC(C)CCC2(C)OOC(=O)c2ccc(CCCCCC)cc2)cc1. The van der Waals surface area contributed by atoms with Crippen molar-refractivity contribution in [2.24, 2.45) is 5.92 Å². The lowest BCUT2D eigenvalue weighted by Gasteiger charge is -2.39. The molecule has 1 fully saturated rings. The van der Waals surface area contributed by atoms with Gasteiger partial charge in [0.2, 0.25) is 0 Å². The molecule has 1 aliphatic rings. The average Bonchev–Trinajstić information content (AvgIpc) is 2.97. The molecule has 0 N–H and O–H groups in total. The minimum atomic E-state index is -0.940. The van der Waals surface area contributed by atoms with Crippen molar-refractivity contribution >= 4 is 11.9 Å². The van der Waals surface area contributed by atoms with Crippen LogP contribution in [0.5, 0.6) is 0 Å². The molecule has 0 amide bonds. The molecule has 6 nitrogen and oxygen atoms in total. The van der Waals surface area contributed by atoms with Gasteiger partial charge in [-0.15, -0.1) is 0 Å². The highest BCUT2D eigenvalue weighted by molar-refractivity contribution is 5.89. The standard InChI is InChI=1S/C34H48O6/c1-5-7-9-11-13-27-15-19-29(20-16-27)32(35)38-37-31-25-26(3)23-24-34(31,4)40-39-33(36)30-21-17-28(18-22-30)14-12-10-8-6-2/h15-22,26,31H,5-14,23-25H2,1-4H3. The number of hydrogen-bond acceptors (Lipinski definition) is 6. The molecule has 3 atom stereocenters. The van der Waals surface area contributed by atoms with Crippen molar-refractivity contribution in [2.45, 2.75) is 123 Å². The van der Waals surface area contributed by atoms with Crippen molar-refractivity contribution in [3.63, 3.8) is 0 Å². The molecule has 0 spiro atoms. The first-order chi connectivity index (χ1) is 19.3. The fourth-order valence-electron chi connectivity index (χ4n) is 5.12. The Kier molecular flexibility index (Phi) is 13.2. The van der Waals surface area contributed by atoms with Crippen molar-refractivity contribution in [1.82, 2.24) is 0 Å². The zero-order valence-corrected chi connectivity index (χ0v) is 24.9. The summed E-state index contributed by atoms with van der Waals surface area (Å²) in [4.78, 5) is 47.3. The van der Waals surface area contributed by atoms with E-state index in [0.717, 1.165) is 32.1 Å². The Morgan fingerprint density at radius 3 is 1.75 bits per heavy atom. The Balaban J connectivity index is 1.50. The van der Waals surface area contributed by atoms with Gasteiger partial charge in [0.05, 0.1) is 11.1 Å². The van der Waals surface area contributed by atoms with E-state index in [1.165, 1.54) is 49.7 Å². The molecule has 6 heteroatoms. The summed E-state index contributed by atoms with van der Waals surface area (Å²) in [6.07, 6.45) is 13.2. The van der Waals surface area contributed by atoms with Crippen LogP contribution in [0, 0.1) is 5.92 Å². The van der Waals surface area contributed by atoms with Gasteiger partial charge in [-0.1, -0.05) is 83.6 Å². The van der Waals surface area contributed by atoms with Gasteiger partial charge < -0.3 is 0 Å². The fourth-order valence-corrected chi connectivity index (χ4v) is 5.12. The van der Waals surface area contributed by atoms with Crippen LogP contribution in [-0.2, 0) is 32.4 Å². The smallest absolute Gasteiger partial charge is 0.292 e. The largest absolute Gasteiger partial charge is 0.373 e.